The molecule has 1 saturated heterocycles. The Hall–Kier alpha value is -2.80. The van der Waals surface area contributed by atoms with Crippen LogP contribution < -0.4 is 9.80 Å². The number of nitrogens with zero attached hydrogens (tertiary/aromatic N) is 2. The van der Waals surface area contributed by atoms with Crippen molar-refractivity contribution in [3.05, 3.63) is 59.7 Å². The normalized spacial score (nSPS) is 16.8. The fourth-order valence-electron chi connectivity index (χ4n) is 2.78. The first kappa shape index (κ1) is 18.0. The molecule has 2 amide bonds. The topological polar surface area (TPSA) is 77.9 Å². The van der Waals surface area contributed by atoms with Crippen LogP contribution >= 0.6 is 11.8 Å². The van der Waals surface area contributed by atoms with Gasteiger partial charge in [-0.25, -0.2) is 4.90 Å². The zero-order chi connectivity index (χ0) is 18.8. The van der Waals surface area contributed by atoms with Gasteiger partial charge in [-0.3, -0.25) is 14.4 Å². The molecule has 3 rings (SSSR count). The van der Waals surface area contributed by atoms with Crippen LogP contribution in [0.3, 0.4) is 0 Å². The molecule has 134 valence electrons. The number of benzene rings is 2. The van der Waals surface area contributed by atoms with Crippen molar-refractivity contribution >= 4 is 40.3 Å². The third-order valence-electron chi connectivity index (χ3n) is 4.04. The second kappa shape index (κ2) is 7.21. The highest BCUT2D eigenvalue weighted by Gasteiger charge is 2.44. The van der Waals surface area contributed by atoms with Crippen molar-refractivity contribution in [3.63, 3.8) is 0 Å². The van der Waals surface area contributed by atoms with Crippen LogP contribution in [-0.2, 0) is 9.59 Å². The minimum atomic E-state index is -1.07. The highest BCUT2D eigenvalue weighted by molar-refractivity contribution is 8.16. The number of carboxylic acid groups (broad SMARTS) is 1. The molecule has 0 radical (unpaired) electrons. The van der Waals surface area contributed by atoms with Crippen LogP contribution in [0.4, 0.5) is 16.2 Å². The smallest absolute Gasteiger partial charge is 0.323 e. The van der Waals surface area contributed by atoms with Gasteiger partial charge >= 0.3 is 5.97 Å². The summed E-state index contributed by atoms with van der Waals surface area (Å²) in [5.74, 6) is -1.51. The summed E-state index contributed by atoms with van der Waals surface area (Å²) in [6, 6.07) is 14.3. The first-order valence-corrected chi connectivity index (χ1v) is 8.91. The van der Waals surface area contributed by atoms with Gasteiger partial charge < -0.3 is 10.0 Å². The standard InChI is InChI=1S/C19H18N2O4S/c1-12-6-8-14(9-7-12)21-17(24)18(26-19(21)25)20(11-16(22)23)15-5-3-4-13(2)10-15/h3-10,18H,11H2,1-2H3,(H,22,23)/t18-/m0/s1. The monoisotopic (exact) mass is 370 g/mol. The van der Waals surface area contributed by atoms with E-state index >= 15 is 0 Å². The first-order chi connectivity index (χ1) is 12.4. The molecular weight excluding hydrogens is 352 g/mol. The van der Waals surface area contributed by atoms with Gasteiger partial charge in [-0.2, -0.15) is 0 Å². The Morgan fingerprint density at radius 2 is 1.81 bits per heavy atom. The van der Waals surface area contributed by atoms with E-state index < -0.39 is 22.5 Å². The van der Waals surface area contributed by atoms with Crippen LogP contribution in [-0.4, -0.2) is 34.1 Å². The number of aliphatic carboxylic acids is 1. The zero-order valence-electron chi connectivity index (χ0n) is 14.4. The first-order valence-electron chi connectivity index (χ1n) is 8.03. The molecule has 2 aromatic carbocycles. The van der Waals surface area contributed by atoms with Gasteiger partial charge in [0.15, 0.2) is 5.37 Å². The van der Waals surface area contributed by atoms with Crippen LogP contribution in [0.5, 0.6) is 0 Å². The maximum atomic E-state index is 12.9. The molecule has 0 saturated carbocycles. The molecule has 1 N–H and O–H groups in total. The number of hydrogen-bond donors (Lipinski definition) is 1. The molecular formula is C19H18N2O4S. The third-order valence-corrected chi connectivity index (χ3v) is 5.10. The van der Waals surface area contributed by atoms with Crippen LogP contribution in [0.1, 0.15) is 11.1 Å². The fourth-order valence-corrected chi connectivity index (χ4v) is 3.81. The van der Waals surface area contributed by atoms with E-state index in [0.29, 0.717) is 11.4 Å². The molecule has 0 aromatic heterocycles. The predicted octanol–water partition coefficient (Wildman–Crippen LogP) is 3.42. The minimum absolute atomic E-state index is 0.373. The quantitative estimate of drug-likeness (QED) is 0.869. The molecule has 1 heterocycles. The van der Waals surface area contributed by atoms with E-state index in [2.05, 4.69) is 0 Å². The summed E-state index contributed by atoms with van der Waals surface area (Å²) < 4.78 is 0. The van der Waals surface area contributed by atoms with Gasteiger partial charge in [0, 0.05) is 5.69 Å². The van der Waals surface area contributed by atoms with Crippen LogP contribution in [0.25, 0.3) is 0 Å². The molecule has 1 aliphatic rings. The molecule has 26 heavy (non-hydrogen) atoms. The van der Waals surface area contributed by atoms with Gasteiger partial charge in [0.25, 0.3) is 11.1 Å². The van der Waals surface area contributed by atoms with Crippen molar-refractivity contribution in [2.24, 2.45) is 0 Å². The van der Waals surface area contributed by atoms with Crippen molar-refractivity contribution in [2.45, 2.75) is 19.2 Å². The number of thioether (sulfide) groups is 1. The Bertz CT molecular complexity index is 866. The molecule has 0 spiro atoms. The number of carbonyl (C=O) groups excluding carboxylic acids is 2. The van der Waals surface area contributed by atoms with Crippen molar-refractivity contribution in [3.8, 4) is 0 Å². The summed E-state index contributed by atoms with van der Waals surface area (Å²) in [7, 11) is 0. The Balaban J connectivity index is 1.95. The van der Waals surface area contributed by atoms with Crippen molar-refractivity contribution < 1.29 is 19.5 Å². The fraction of sp³-hybridized carbons (Fsp3) is 0.211. The van der Waals surface area contributed by atoms with E-state index in [1.807, 2.05) is 32.0 Å². The van der Waals surface area contributed by atoms with Crippen LogP contribution in [0, 0.1) is 13.8 Å². The van der Waals surface area contributed by atoms with Gasteiger partial charge in [0.2, 0.25) is 0 Å². The lowest BCUT2D eigenvalue weighted by Gasteiger charge is -2.27. The number of hydrogen-bond acceptors (Lipinski definition) is 5. The van der Waals surface area contributed by atoms with Crippen molar-refractivity contribution in [1.29, 1.82) is 0 Å². The summed E-state index contributed by atoms with van der Waals surface area (Å²) in [5.41, 5.74) is 3.04. The molecule has 6 nitrogen and oxygen atoms in total. The Labute approximate surface area is 155 Å². The van der Waals surface area contributed by atoms with E-state index in [1.165, 1.54) is 4.90 Å². The number of imide groups is 1. The third kappa shape index (κ3) is 3.57. The maximum Gasteiger partial charge on any atom is 0.323 e. The molecule has 0 unspecified atom stereocenters. The molecule has 7 heteroatoms. The number of carbonyl (C=O) groups is 3. The second-order valence-corrected chi connectivity index (χ2v) is 7.14. The molecule has 1 fully saturated rings. The number of rotatable bonds is 5. The number of amides is 2. The lowest BCUT2D eigenvalue weighted by atomic mass is 10.2. The lowest BCUT2D eigenvalue weighted by Crippen LogP contribution is -2.44. The largest absolute Gasteiger partial charge is 0.480 e. The zero-order valence-corrected chi connectivity index (χ0v) is 15.2. The summed E-state index contributed by atoms with van der Waals surface area (Å²) in [6.45, 7) is 3.43. The molecule has 2 aromatic rings. The van der Waals surface area contributed by atoms with Crippen molar-refractivity contribution in [1.82, 2.24) is 0 Å². The van der Waals surface area contributed by atoms with Gasteiger partial charge in [0.1, 0.15) is 6.54 Å². The van der Waals surface area contributed by atoms with E-state index in [0.717, 1.165) is 27.8 Å². The average molecular weight is 370 g/mol. The highest BCUT2D eigenvalue weighted by Crippen LogP contribution is 2.36. The van der Waals surface area contributed by atoms with Gasteiger partial charge in [-0.15, -0.1) is 0 Å². The SMILES string of the molecule is Cc1ccc(N2C(=O)S[C@H](N(CC(=O)O)c3cccc(C)c3)C2=O)cc1. The summed E-state index contributed by atoms with van der Waals surface area (Å²) in [4.78, 5) is 39.3. The average Bonchev–Trinajstić information content (AvgIpc) is 2.88. The van der Waals surface area contributed by atoms with Crippen LogP contribution in [0.2, 0.25) is 0 Å². The Morgan fingerprint density at radius 1 is 1.12 bits per heavy atom. The molecule has 0 aliphatic carbocycles. The summed E-state index contributed by atoms with van der Waals surface area (Å²) in [6.07, 6.45) is 0. The van der Waals surface area contributed by atoms with Crippen LogP contribution in [0.15, 0.2) is 48.5 Å². The lowest BCUT2D eigenvalue weighted by molar-refractivity contribution is -0.135. The van der Waals surface area contributed by atoms with Gasteiger partial charge in [-0.1, -0.05) is 29.8 Å². The second-order valence-electron chi connectivity index (χ2n) is 6.11. The highest BCUT2D eigenvalue weighted by atomic mass is 32.2. The molecule has 1 atom stereocenters. The number of carboxylic acids is 1. The van der Waals surface area contributed by atoms with E-state index in [1.54, 1.807) is 30.3 Å². The molecule has 0 bridgehead atoms. The van der Waals surface area contributed by atoms with Gasteiger partial charge in [0.05, 0.1) is 5.69 Å². The minimum Gasteiger partial charge on any atom is -0.480 e. The van der Waals surface area contributed by atoms with E-state index in [4.69, 9.17) is 0 Å². The van der Waals surface area contributed by atoms with E-state index in [9.17, 15) is 19.5 Å². The predicted molar refractivity (Wildman–Crippen MR) is 102 cm³/mol. The summed E-state index contributed by atoms with van der Waals surface area (Å²) >= 11 is 0.832. The van der Waals surface area contributed by atoms with Crippen molar-refractivity contribution in [2.75, 3.05) is 16.3 Å². The van der Waals surface area contributed by atoms with E-state index in [-0.39, 0.29) is 6.54 Å². The molecule has 1 aliphatic heterocycles. The van der Waals surface area contributed by atoms with Gasteiger partial charge in [-0.05, 0) is 55.4 Å². The number of anilines is 2. The Morgan fingerprint density at radius 3 is 2.42 bits per heavy atom. The Kier molecular flexibility index (Phi) is 4.99. The number of aryl methyl sites for hydroxylation is 2. The maximum absolute atomic E-state index is 12.9. The summed E-state index contributed by atoms with van der Waals surface area (Å²) in [5, 5.41) is 7.95.